The molecule has 1 fully saturated rings. The molecule has 1 heterocycles. The smallest absolute Gasteiger partial charge is 0.0246 e. The van der Waals surface area contributed by atoms with Crippen LogP contribution in [0.3, 0.4) is 0 Å². The van der Waals surface area contributed by atoms with Gasteiger partial charge >= 0.3 is 0 Å². The van der Waals surface area contributed by atoms with E-state index in [1.54, 1.807) is 0 Å². The van der Waals surface area contributed by atoms with Gasteiger partial charge in [0.2, 0.25) is 0 Å². The molecular weight excluding hydrogens is 172 g/mol. The highest BCUT2D eigenvalue weighted by Crippen LogP contribution is 2.26. The fraction of sp³-hybridized carbons (Fsp3) is 1.00. The highest BCUT2D eigenvalue weighted by molar-refractivity contribution is 4.87. The molecule has 14 heavy (non-hydrogen) atoms. The summed E-state index contributed by atoms with van der Waals surface area (Å²) in [6.07, 6.45) is 1.37. The lowest BCUT2D eigenvalue weighted by Gasteiger charge is -2.34. The Bertz CT molecular complexity index is 168. The third kappa shape index (κ3) is 2.71. The molecule has 0 radical (unpaired) electrons. The van der Waals surface area contributed by atoms with E-state index in [1.807, 2.05) is 0 Å². The summed E-state index contributed by atoms with van der Waals surface area (Å²) in [6.45, 7) is 11.8. The van der Waals surface area contributed by atoms with E-state index >= 15 is 0 Å². The van der Waals surface area contributed by atoms with E-state index in [-0.39, 0.29) is 0 Å². The van der Waals surface area contributed by atoms with Crippen molar-refractivity contribution in [3.05, 3.63) is 0 Å². The zero-order valence-electron chi connectivity index (χ0n) is 10.4. The molecule has 0 amide bonds. The maximum atomic E-state index is 3.32. The van der Waals surface area contributed by atoms with Crippen LogP contribution in [0.25, 0.3) is 0 Å². The first-order valence-corrected chi connectivity index (χ1v) is 5.96. The maximum absolute atomic E-state index is 3.32. The van der Waals surface area contributed by atoms with Gasteiger partial charge in [0, 0.05) is 25.2 Å². The Morgan fingerprint density at radius 1 is 1.36 bits per heavy atom. The lowest BCUT2D eigenvalue weighted by molar-refractivity contribution is 0.145. The number of likely N-dealkylation sites (N-methyl/N-ethyl adjacent to an activating group) is 1. The van der Waals surface area contributed by atoms with Gasteiger partial charge < -0.3 is 5.32 Å². The second-order valence-electron chi connectivity index (χ2n) is 5.26. The zero-order chi connectivity index (χ0) is 10.7. The van der Waals surface area contributed by atoms with Gasteiger partial charge in [-0.2, -0.15) is 0 Å². The van der Waals surface area contributed by atoms with E-state index in [1.165, 1.54) is 13.0 Å². The average molecular weight is 198 g/mol. The van der Waals surface area contributed by atoms with Crippen molar-refractivity contribution < 1.29 is 0 Å². The summed E-state index contributed by atoms with van der Waals surface area (Å²) < 4.78 is 0. The predicted molar refractivity (Wildman–Crippen MR) is 62.5 cm³/mol. The second kappa shape index (κ2) is 5.13. The lowest BCUT2D eigenvalue weighted by Crippen LogP contribution is -2.46. The number of likely N-dealkylation sites (tertiary alicyclic amines) is 1. The third-order valence-electron chi connectivity index (χ3n) is 3.44. The SMILES string of the molecule is CNCC(C(C)C)N1CC(C)CC1C. The number of hydrogen-bond donors (Lipinski definition) is 1. The third-order valence-corrected chi connectivity index (χ3v) is 3.44. The molecule has 1 aliphatic heterocycles. The minimum atomic E-state index is 0.708. The molecule has 1 saturated heterocycles. The van der Waals surface area contributed by atoms with Gasteiger partial charge in [-0.3, -0.25) is 4.90 Å². The summed E-state index contributed by atoms with van der Waals surface area (Å²) in [5, 5.41) is 3.32. The Kier molecular flexibility index (Phi) is 4.39. The van der Waals surface area contributed by atoms with Crippen molar-refractivity contribution in [3.8, 4) is 0 Å². The summed E-state index contributed by atoms with van der Waals surface area (Å²) >= 11 is 0. The molecule has 0 aliphatic carbocycles. The van der Waals surface area contributed by atoms with Crippen LogP contribution >= 0.6 is 0 Å². The number of nitrogens with one attached hydrogen (secondary N) is 1. The van der Waals surface area contributed by atoms with Crippen molar-refractivity contribution in [2.45, 2.75) is 46.2 Å². The van der Waals surface area contributed by atoms with Crippen molar-refractivity contribution in [2.24, 2.45) is 11.8 Å². The van der Waals surface area contributed by atoms with E-state index in [4.69, 9.17) is 0 Å². The van der Waals surface area contributed by atoms with Gasteiger partial charge in [0.05, 0.1) is 0 Å². The molecule has 2 heteroatoms. The van der Waals surface area contributed by atoms with Crippen molar-refractivity contribution >= 4 is 0 Å². The maximum Gasteiger partial charge on any atom is 0.0246 e. The highest BCUT2D eigenvalue weighted by Gasteiger charge is 2.32. The molecule has 3 atom stereocenters. The predicted octanol–water partition coefficient (Wildman–Crippen LogP) is 1.96. The Morgan fingerprint density at radius 2 is 2.00 bits per heavy atom. The molecule has 0 bridgehead atoms. The average Bonchev–Trinajstić information content (AvgIpc) is 2.40. The second-order valence-corrected chi connectivity index (χ2v) is 5.26. The van der Waals surface area contributed by atoms with E-state index in [2.05, 4.69) is 45.0 Å². The lowest BCUT2D eigenvalue weighted by atomic mass is 10.0. The molecule has 1 N–H and O–H groups in total. The first kappa shape index (κ1) is 12.0. The summed E-state index contributed by atoms with van der Waals surface area (Å²) in [5.41, 5.74) is 0. The van der Waals surface area contributed by atoms with Gasteiger partial charge in [0.25, 0.3) is 0 Å². The monoisotopic (exact) mass is 198 g/mol. The van der Waals surface area contributed by atoms with Gasteiger partial charge in [-0.25, -0.2) is 0 Å². The largest absolute Gasteiger partial charge is 0.318 e. The fourth-order valence-electron chi connectivity index (χ4n) is 2.74. The van der Waals surface area contributed by atoms with Gasteiger partial charge in [-0.1, -0.05) is 20.8 Å². The Hall–Kier alpha value is -0.0800. The topological polar surface area (TPSA) is 15.3 Å². The molecule has 0 spiro atoms. The van der Waals surface area contributed by atoms with E-state index in [0.29, 0.717) is 6.04 Å². The number of rotatable bonds is 4. The van der Waals surface area contributed by atoms with E-state index in [9.17, 15) is 0 Å². The molecule has 0 saturated carbocycles. The van der Waals surface area contributed by atoms with Crippen LogP contribution in [0.5, 0.6) is 0 Å². The van der Waals surface area contributed by atoms with Crippen molar-refractivity contribution in [2.75, 3.05) is 20.1 Å². The van der Waals surface area contributed by atoms with Crippen LogP contribution in [0.4, 0.5) is 0 Å². The van der Waals surface area contributed by atoms with Gasteiger partial charge in [0.1, 0.15) is 0 Å². The van der Waals surface area contributed by atoms with Crippen LogP contribution in [0.2, 0.25) is 0 Å². The standard InChI is InChI=1S/C12H26N2/c1-9(2)12(7-13-5)14-8-10(3)6-11(14)4/h9-13H,6-8H2,1-5H3. The first-order valence-electron chi connectivity index (χ1n) is 5.96. The van der Waals surface area contributed by atoms with Crippen LogP contribution in [0.1, 0.15) is 34.1 Å². The van der Waals surface area contributed by atoms with Crippen molar-refractivity contribution in [1.82, 2.24) is 10.2 Å². The van der Waals surface area contributed by atoms with Gasteiger partial charge in [-0.05, 0) is 32.2 Å². The van der Waals surface area contributed by atoms with Crippen LogP contribution in [-0.2, 0) is 0 Å². The molecule has 3 unspecified atom stereocenters. The first-order chi connectivity index (χ1) is 6.56. The zero-order valence-corrected chi connectivity index (χ0v) is 10.4. The molecule has 84 valence electrons. The van der Waals surface area contributed by atoms with Crippen LogP contribution in [0.15, 0.2) is 0 Å². The number of nitrogens with zero attached hydrogens (tertiary/aromatic N) is 1. The quantitative estimate of drug-likeness (QED) is 0.743. The van der Waals surface area contributed by atoms with Crippen LogP contribution in [0, 0.1) is 11.8 Å². The van der Waals surface area contributed by atoms with Gasteiger partial charge in [0.15, 0.2) is 0 Å². The minimum absolute atomic E-state index is 0.708. The van der Waals surface area contributed by atoms with Crippen LogP contribution < -0.4 is 5.32 Å². The van der Waals surface area contributed by atoms with Crippen LogP contribution in [-0.4, -0.2) is 37.1 Å². The molecule has 0 aromatic rings. The Morgan fingerprint density at radius 3 is 2.36 bits per heavy atom. The Balaban J connectivity index is 2.58. The molecule has 0 aromatic carbocycles. The van der Waals surface area contributed by atoms with Gasteiger partial charge in [-0.15, -0.1) is 0 Å². The van der Waals surface area contributed by atoms with E-state index < -0.39 is 0 Å². The summed E-state index contributed by atoms with van der Waals surface area (Å²) in [6, 6.07) is 1.48. The molecular formula is C12H26N2. The number of hydrogen-bond acceptors (Lipinski definition) is 2. The Labute approximate surface area is 89.1 Å². The molecule has 2 nitrogen and oxygen atoms in total. The summed E-state index contributed by atoms with van der Waals surface area (Å²) in [4.78, 5) is 2.69. The fourth-order valence-corrected chi connectivity index (χ4v) is 2.74. The highest BCUT2D eigenvalue weighted by atomic mass is 15.2. The normalized spacial score (nSPS) is 31.3. The van der Waals surface area contributed by atoms with Crippen molar-refractivity contribution in [3.63, 3.8) is 0 Å². The minimum Gasteiger partial charge on any atom is -0.318 e. The molecule has 0 aromatic heterocycles. The van der Waals surface area contributed by atoms with Crippen molar-refractivity contribution in [1.29, 1.82) is 0 Å². The molecule has 1 rings (SSSR count). The summed E-state index contributed by atoms with van der Waals surface area (Å²) in [5.74, 6) is 1.62. The summed E-state index contributed by atoms with van der Waals surface area (Å²) in [7, 11) is 2.06. The van der Waals surface area contributed by atoms with E-state index in [0.717, 1.165) is 24.4 Å². The molecule has 1 aliphatic rings.